The van der Waals surface area contributed by atoms with Gasteiger partial charge < -0.3 is 4.74 Å². The highest BCUT2D eigenvalue weighted by molar-refractivity contribution is 5.31. The second-order valence-electron chi connectivity index (χ2n) is 3.98. The lowest BCUT2D eigenvalue weighted by atomic mass is 9.91. The summed E-state index contributed by atoms with van der Waals surface area (Å²) in [5.41, 5.74) is 0.242. The third-order valence-corrected chi connectivity index (χ3v) is 1.70. The van der Waals surface area contributed by atoms with E-state index in [4.69, 9.17) is 0 Å². The number of pyridine rings is 1. The van der Waals surface area contributed by atoms with E-state index in [0.29, 0.717) is 5.69 Å². The number of aromatic nitrogens is 1. The highest BCUT2D eigenvalue weighted by atomic mass is 19.3. The topological polar surface area (TPSA) is 22.1 Å². The Kier molecular flexibility index (Phi) is 3.03. The predicted octanol–water partition coefficient (Wildman–Crippen LogP) is 2.98. The fourth-order valence-corrected chi connectivity index (χ4v) is 1.14. The second kappa shape index (κ2) is 3.90. The first-order valence-corrected chi connectivity index (χ1v) is 4.31. The molecule has 0 aliphatic carbocycles. The van der Waals surface area contributed by atoms with Crippen LogP contribution in [-0.2, 0) is 5.41 Å². The van der Waals surface area contributed by atoms with E-state index >= 15 is 0 Å². The average molecular weight is 201 g/mol. The standard InChI is InChI=1S/C10H13F2NO/c1-10(2,3)8-7(14-9(11)12)5-4-6-13-8/h4-6,9H,1-3H3. The predicted molar refractivity (Wildman–Crippen MR) is 49.6 cm³/mol. The van der Waals surface area contributed by atoms with Gasteiger partial charge in [0.15, 0.2) is 0 Å². The lowest BCUT2D eigenvalue weighted by Gasteiger charge is -2.20. The van der Waals surface area contributed by atoms with Gasteiger partial charge in [0.25, 0.3) is 0 Å². The summed E-state index contributed by atoms with van der Waals surface area (Å²) in [4.78, 5) is 4.04. The van der Waals surface area contributed by atoms with Gasteiger partial charge in [0.2, 0.25) is 0 Å². The van der Waals surface area contributed by atoms with E-state index in [0.717, 1.165) is 0 Å². The molecule has 0 radical (unpaired) electrons. The van der Waals surface area contributed by atoms with Gasteiger partial charge in [-0.2, -0.15) is 8.78 Å². The van der Waals surface area contributed by atoms with Crippen molar-refractivity contribution in [3.05, 3.63) is 24.0 Å². The van der Waals surface area contributed by atoms with Crippen LogP contribution in [0.2, 0.25) is 0 Å². The van der Waals surface area contributed by atoms with E-state index in [9.17, 15) is 8.78 Å². The van der Waals surface area contributed by atoms with Crippen molar-refractivity contribution in [1.29, 1.82) is 0 Å². The molecule has 0 atom stereocenters. The van der Waals surface area contributed by atoms with Gasteiger partial charge in [-0.15, -0.1) is 0 Å². The Balaban J connectivity index is 3.04. The van der Waals surface area contributed by atoms with E-state index in [1.54, 1.807) is 12.3 Å². The van der Waals surface area contributed by atoms with Crippen LogP contribution in [0.5, 0.6) is 5.75 Å². The number of nitrogens with zero attached hydrogens (tertiary/aromatic N) is 1. The number of hydrogen-bond donors (Lipinski definition) is 0. The molecule has 2 nitrogen and oxygen atoms in total. The molecule has 0 bridgehead atoms. The van der Waals surface area contributed by atoms with Crippen molar-refractivity contribution < 1.29 is 13.5 Å². The van der Waals surface area contributed by atoms with Crippen LogP contribution in [0.25, 0.3) is 0 Å². The number of hydrogen-bond acceptors (Lipinski definition) is 2. The average Bonchev–Trinajstić information content (AvgIpc) is 2.01. The minimum absolute atomic E-state index is 0.148. The van der Waals surface area contributed by atoms with Crippen LogP contribution in [0.1, 0.15) is 26.5 Å². The molecule has 1 heterocycles. The molecule has 0 aliphatic heterocycles. The quantitative estimate of drug-likeness (QED) is 0.733. The Morgan fingerprint density at radius 1 is 1.36 bits per heavy atom. The zero-order chi connectivity index (χ0) is 10.8. The molecule has 0 aromatic carbocycles. The highest BCUT2D eigenvalue weighted by Gasteiger charge is 2.21. The van der Waals surface area contributed by atoms with Crippen molar-refractivity contribution in [2.24, 2.45) is 0 Å². The van der Waals surface area contributed by atoms with E-state index in [2.05, 4.69) is 9.72 Å². The third-order valence-electron chi connectivity index (χ3n) is 1.70. The van der Waals surface area contributed by atoms with Gasteiger partial charge in [0, 0.05) is 11.6 Å². The number of ether oxygens (including phenoxy) is 1. The molecular formula is C10H13F2NO. The monoisotopic (exact) mass is 201 g/mol. The van der Waals surface area contributed by atoms with Gasteiger partial charge in [0.1, 0.15) is 5.75 Å². The first-order valence-electron chi connectivity index (χ1n) is 4.31. The largest absolute Gasteiger partial charge is 0.433 e. The fraction of sp³-hybridized carbons (Fsp3) is 0.500. The van der Waals surface area contributed by atoms with E-state index in [-0.39, 0.29) is 11.2 Å². The maximum atomic E-state index is 12.0. The molecular weight excluding hydrogens is 188 g/mol. The minimum Gasteiger partial charge on any atom is -0.433 e. The number of alkyl halides is 2. The summed E-state index contributed by atoms with van der Waals surface area (Å²) in [5, 5.41) is 0. The van der Waals surface area contributed by atoms with Crippen molar-refractivity contribution in [2.75, 3.05) is 0 Å². The molecule has 4 heteroatoms. The van der Waals surface area contributed by atoms with Crippen molar-refractivity contribution >= 4 is 0 Å². The molecule has 1 rings (SSSR count). The lowest BCUT2D eigenvalue weighted by Crippen LogP contribution is -2.16. The Morgan fingerprint density at radius 3 is 2.50 bits per heavy atom. The van der Waals surface area contributed by atoms with Crippen LogP contribution < -0.4 is 4.74 Å². The van der Waals surface area contributed by atoms with Crippen molar-refractivity contribution in [3.63, 3.8) is 0 Å². The van der Waals surface area contributed by atoms with Crippen molar-refractivity contribution in [1.82, 2.24) is 4.98 Å². The Labute approximate surface area is 81.9 Å². The molecule has 1 aromatic heterocycles. The summed E-state index contributed by atoms with van der Waals surface area (Å²) in [7, 11) is 0. The van der Waals surface area contributed by atoms with Gasteiger partial charge in [0.05, 0.1) is 5.69 Å². The van der Waals surface area contributed by atoms with Crippen LogP contribution in [0.3, 0.4) is 0 Å². The molecule has 0 fully saturated rings. The third kappa shape index (κ3) is 2.65. The van der Waals surface area contributed by atoms with Crippen LogP contribution in [0.15, 0.2) is 18.3 Å². The first kappa shape index (κ1) is 10.9. The molecule has 0 saturated heterocycles. The van der Waals surface area contributed by atoms with Crippen molar-refractivity contribution in [3.8, 4) is 5.75 Å². The molecule has 0 unspecified atom stereocenters. The van der Waals surface area contributed by atoms with Crippen LogP contribution in [0, 0.1) is 0 Å². The SMILES string of the molecule is CC(C)(C)c1ncccc1OC(F)F. The Morgan fingerprint density at radius 2 is 2.00 bits per heavy atom. The van der Waals surface area contributed by atoms with E-state index in [1.165, 1.54) is 6.07 Å². The molecule has 0 spiro atoms. The molecule has 0 N–H and O–H groups in total. The molecule has 0 aliphatic rings. The summed E-state index contributed by atoms with van der Waals surface area (Å²) in [6, 6.07) is 3.08. The summed E-state index contributed by atoms with van der Waals surface area (Å²) in [6.45, 7) is 2.88. The normalized spacial score (nSPS) is 11.9. The summed E-state index contributed by atoms with van der Waals surface area (Å²) in [6.07, 6.45) is 1.57. The molecule has 0 amide bonds. The summed E-state index contributed by atoms with van der Waals surface area (Å²) < 4.78 is 28.5. The molecule has 78 valence electrons. The summed E-state index contributed by atoms with van der Waals surface area (Å²) in [5.74, 6) is 0.148. The van der Waals surface area contributed by atoms with Gasteiger partial charge in [-0.1, -0.05) is 20.8 Å². The van der Waals surface area contributed by atoms with Gasteiger partial charge in [-0.05, 0) is 12.1 Å². The van der Waals surface area contributed by atoms with Gasteiger partial charge in [-0.3, -0.25) is 4.98 Å². The zero-order valence-electron chi connectivity index (χ0n) is 8.42. The molecule has 14 heavy (non-hydrogen) atoms. The Hall–Kier alpha value is -1.19. The molecule has 1 aromatic rings. The number of rotatable bonds is 2. The fourth-order valence-electron chi connectivity index (χ4n) is 1.14. The van der Waals surface area contributed by atoms with Gasteiger partial charge in [-0.25, -0.2) is 0 Å². The Bertz CT molecular complexity index is 307. The van der Waals surface area contributed by atoms with Gasteiger partial charge >= 0.3 is 6.61 Å². The summed E-state index contributed by atoms with van der Waals surface area (Å²) >= 11 is 0. The van der Waals surface area contributed by atoms with E-state index in [1.807, 2.05) is 20.8 Å². The highest BCUT2D eigenvalue weighted by Crippen LogP contribution is 2.29. The van der Waals surface area contributed by atoms with Crippen LogP contribution >= 0.6 is 0 Å². The lowest BCUT2D eigenvalue weighted by molar-refractivity contribution is -0.0512. The number of halogens is 2. The smallest absolute Gasteiger partial charge is 0.387 e. The minimum atomic E-state index is -2.81. The zero-order valence-corrected chi connectivity index (χ0v) is 8.42. The molecule has 0 saturated carbocycles. The van der Waals surface area contributed by atoms with Crippen molar-refractivity contribution in [2.45, 2.75) is 32.8 Å². The van der Waals surface area contributed by atoms with Crippen LogP contribution in [-0.4, -0.2) is 11.6 Å². The maximum Gasteiger partial charge on any atom is 0.387 e. The first-order chi connectivity index (χ1) is 6.41. The van der Waals surface area contributed by atoms with E-state index < -0.39 is 6.61 Å². The van der Waals surface area contributed by atoms with Crippen LogP contribution in [0.4, 0.5) is 8.78 Å². The second-order valence-corrected chi connectivity index (χ2v) is 3.98. The maximum absolute atomic E-state index is 12.0.